The topological polar surface area (TPSA) is 63.9 Å². The minimum absolute atomic E-state index is 0.0365. The Labute approximate surface area is 145 Å². The molecule has 1 atom stereocenters. The molecular formula is C20H19N3O2. The van der Waals surface area contributed by atoms with E-state index in [0.717, 1.165) is 33.5 Å². The van der Waals surface area contributed by atoms with Gasteiger partial charge in [-0.1, -0.05) is 31.1 Å². The molecule has 1 unspecified atom stereocenters. The molecule has 0 spiro atoms. The molecular weight excluding hydrogens is 314 g/mol. The highest BCUT2D eigenvalue weighted by molar-refractivity contribution is 5.78. The molecule has 126 valence electrons. The van der Waals surface area contributed by atoms with E-state index in [1.807, 2.05) is 36.5 Å². The molecule has 25 heavy (non-hydrogen) atoms. The molecule has 0 aliphatic heterocycles. The number of fused-ring (bicyclic) bond motifs is 1. The number of nitrogens with one attached hydrogen (secondary N) is 1. The van der Waals surface area contributed by atoms with Gasteiger partial charge in [-0.15, -0.1) is 0 Å². The minimum Gasteiger partial charge on any atom is -0.485 e. The average Bonchev–Trinajstić information content (AvgIpc) is 3.31. The van der Waals surface area contributed by atoms with Crippen molar-refractivity contribution in [2.24, 2.45) is 5.92 Å². The Morgan fingerprint density at radius 2 is 1.88 bits per heavy atom. The summed E-state index contributed by atoms with van der Waals surface area (Å²) in [6.07, 6.45) is 3.36. The number of aromatic amines is 1. The molecule has 0 amide bonds. The van der Waals surface area contributed by atoms with Crippen molar-refractivity contribution in [3.8, 4) is 17.0 Å². The Balaban J connectivity index is 1.59. The van der Waals surface area contributed by atoms with E-state index < -0.39 is 0 Å². The van der Waals surface area contributed by atoms with E-state index in [1.54, 1.807) is 6.26 Å². The summed E-state index contributed by atoms with van der Waals surface area (Å²) >= 11 is 0. The van der Waals surface area contributed by atoms with Gasteiger partial charge in [0.2, 0.25) is 0 Å². The van der Waals surface area contributed by atoms with E-state index in [0.29, 0.717) is 5.92 Å². The first-order valence-electron chi connectivity index (χ1n) is 8.31. The highest BCUT2D eigenvalue weighted by atomic mass is 16.5. The van der Waals surface area contributed by atoms with Gasteiger partial charge in [0, 0.05) is 17.0 Å². The summed E-state index contributed by atoms with van der Waals surface area (Å²) in [5, 5.41) is 12.2. The van der Waals surface area contributed by atoms with Crippen molar-refractivity contribution in [3.63, 3.8) is 0 Å². The number of aromatic nitrogens is 3. The molecule has 0 aliphatic carbocycles. The summed E-state index contributed by atoms with van der Waals surface area (Å²) in [6.45, 7) is 4.32. The Kier molecular flexibility index (Phi) is 3.98. The molecule has 2 aromatic carbocycles. The predicted octanol–water partition coefficient (Wildman–Crippen LogP) is 4.99. The molecule has 2 aromatic heterocycles. The van der Waals surface area contributed by atoms with Crippen LogP contribution in [-0.4, -0.2) is 15.4 Å². The second kappa shape index (κ2) is 6.43. The van der Waals surface area contributed by atoms with Crippen LogP contribution >= 0.6 is 0 Å². The van der Waals surface area contributed by atoms with Crippen molar-refractivity contribution in [1.29, 1.82) is 0 Å². The van der Waals surface area contributed by atoms with Gasteiger partial charge in [0.25, 0.3) is 0 Å². The standard InChI is InChI=1S/C20H19N3O2/c1-13(2)20(15-3-4-16-12-21-22-19(16)11-15)25-17-7-5-14(6-8-17)18-9-10-24-23-18/h3-13,20H,1-2H3,(H,21,22). The smallest absolute Gasteiger partial charge is 0.126 e. The monoisotopic (exact) mass is 333 g/mol. The zero-order chi connectivity index (χ0) is 17.2. The molecule has 0 bridgehead atoms. The van der Waals surface area contributed by atoms with E-state index in [-0.39, 0.29) is 6.10 Å². The van der Waals surface area contributed by atoms with Crippen molar-refractivity contribution in [2.45, 2.75) is 20.0 Å². The summed E-state index contributed by atoms with van der Waals surface area (Å²) in [5.74, 6) is 1.16. The van der Waals surface area contributed by atoms with E-state index in [1.165, 1.54) is 0 Å². The molecule has 0 fully saturated rings. The first-order valence-corrected chi connectivity index (χ1v) is 8.31. The van der Waals surface area contributed by atoms with Crippen LogP contribution in [0.4, 0.5) is 0 Å². The summed E-state index contributed by atoms with van der Waals surface area (Å²) in [5.41, 5.74) is 3.97. The fourth-order valence-corrected chi connectivity index (χ4v) is 2.93. The van der Waals surface area contributed by atoms with Crippen LogP contribution in [0.25, 0.3) is 22.2 Å². The molecule has 1 N–H and O–H groups in total. The van der Waals surface area contributed by atoms with Gasteiger partial charge in [-0.3, -0.25) is 5.10 Å². The van der Waals surface area contributed by atoms with Gasteiger partial charge < -0.3 is 9.26 Å². The zero-order valence-corrected chi connectivity index (χ0v) is 14.1. The summed E-state index contributed by atoms with van der Waals surface area (Å²) in [7, 11) is 0. The van der Waals surface area contributed by atoms with E-state index in [4.69, 9.17) is 9.26 Å². The Morgan fingerprint density at radius 1 is 1.04 bits per heavy atom. The summed E-state index contributed by atoms with van der Waals surface area (Å²) in [4.78, 5) is 0. The third-order valence-electron chi connectivity index (χ3n) is 4.25. The lowest BCUT2D eigenvalue weighted by Gasteiger charge is -2.23. The molecule has 0 radical (unpaired) electrons. The Bertz CT molecular complexity index is 956. The molecule has 5 heteroatoms. The van der Waals surface area contributed by atoms with Crippen LogP contribution in [0.5, 0.6) is 5.75 Å². The van der Waals surface area contributed by atoms with Crippen LogP contribution < -0.4 is 4.74 Å². The fourth-order valence-electron chi connectivity index (χ4n) is 2.93. The number of benzene rings is 2. The highest BCUT2D eigenvalue weighted by Crippen LogP contribution is 2.31. The van der Waals surface area contributed by atoms with Gasteiger partial charge in [-0.25, -0.2) is 0 Å². The Hall–Kier alpha value is -3.08. The van der Waals surface area contributed by atoms with Crippen LogP contribution in [0.15, 0.2) is 65.5 Å². The van der Waals surface area contributed by atoms with Crippen LogP contribution in [0.1, 0.15) is 25.5 Å². The molecule has 0 saturated carbocycles. The molecule has 0 aliphatic rings. The van der Waals surface area contributed by atoms with Crippen LogP contribution in [0.2, 0.25) is 0 Å². The van der Waals surface area contributed by atoms with Crippen LogP contribution in [0, 0.1) is 5.92 Å². The highest BCUT2D eigenvalue weighted by Gasteiger charge is 2.18. The number of ether oxygens (including phenoxy) is 1. The normalized spacial score (nSPS) is 12.6. The van der Waals surface area contributed by atoms with Gasteiger partial charge in [0.1, 0.15) is 23.8 Å². The van der Waals surface area contributed by atoms with Crippen molar-refractivity contribution < 1.29 is 9.26 Å². The summed E-state index contributed by atoms with van der Waals surface area (Å²) in [6, 6.07) is 16.0. The maximum absolute atomic E-state index is 6.28. The third kappa shape index (κ3) is 3.13. The predicted molar refractivity (Wildman–Crippen MR) is 96.2 cm³/mol. The largest absolute Gasteiger partial charge is 0.485 e. The molecule has 4 aromatic rings. The van der Waals surface area contributed by atoms with Gasteiger partial charge >= 0.3 is 0 Å². The maximum Gasteiger partial charge on any atom is 0.126 e. The Morgan fingerprint density at radius 3 is 2.60 bits per heavy atom. The third-order valence-corrected chi connectivity index (χ3v) is 4.25. The quantitative estimate of drug-likeness (QED) is 0.558. The van der Waals surface area contributed by atoms with E-state index >= 15 is 0 Å². The van der Waals surface area contributed by atoms with Gasteiger partial charge in [0.05, 0.1) is 11.7 Å². The summed E-state index contributed by atoms with van der Waals surface area (Å²) < 4.78 is 11.2. The minimum atomic E-state index is -0.0365. The lowest BCUT2D eigenvalue weighted by Crippen LogP contribution is -2.14. The van der Waals surface area contributed by atoms with Crippen molar-refractivity contribution >= 4 is 10.9 Å². The SMILES string of the molecule is CC(C)C(Oc1ccc(-c2ccon2)cc1)c1ccc2cn[nH]c2c1. The number of rotatable bonds is 5. The molecule has 2 heterocycles. The van der Waals surface area contributed by atoms with Crippen molar-refractivity contribution in [3.05, 3.63) is 66.6 Å². The maximum atomic E-state index is 6.28. The molecule has 4 rings (SSSR count). The number of nitrogens with zero attached hydrogens (tertiary/aromatic N) is 2. The fraction of sp³-hybridized carbons (Fsp3) is 0.200. The second-order valence-electron chi connectivity index (χ2n) is 6.41. The average molecular weight is 333 g/mol. The van der Waals surface area contributed by atoms with E-state index in [2.05, 4.69) is 47.4 Å². The van der Waals surface area contributed by atoms with Crippen LogP contribution in [-0.2, 0) is 0 Å². The first-order chi connectivity index (χ1) is 12.2. The van der Waals surface area contributed by atoms with Gasteiger partial charge in [-0.05, 0) is 41.8 Å². The van der Waals surface area contributed by atoms with Crippen molar-refractivity contribution in [2.75, 3.05) is 0 Å². The first kappa shape index (κ1) is 15.4. The zero-order valence-electron chi connectivity index (χ0n) is 14.1. The number of H-pyrrole nitrogens is 1. The number of hydrogen-bond donors (Lipinski definition) is 1. The lowest BCUT2D eigenvalue weighted by molar-refractivity contribution is 0.154. The van der Waals surface area contributed by atoms with Crippen LogP contribution in [0.3, 0.4) is 0 Å². The van der Waals surface area contributed by atoms with E-state index in [9.17, 15) is 0 Å². The lowest BCUT2D eigenvalue weighted by atomic mass is 9.98. The van der Waals surface area contributed by atoms with Gasteiger partial charge in [-0.2, -0.15) is 5.10 Å². The second-order valence-corrected chi connectivity index (χ2v) is 6.41. The molecule has 5 nitrogen and oxygen atoms in total. The molecule has 0 saturated heterocycles. The number of hydrogen-bond acceptors (Lipinski definition) is 4. The van der Waals surface area contributed by atoms with Crippen molar-refractivity contribution in [1.82, 2.24) is 15.4 Å². The van der Waals surface area contributed by atoms with Gasteiger partial charge in [0.15, 0.2) is 0 Å².